The topological polar surface area (TPSA) is 43.8 Å². The van der Waals surface area contributed by atoms with E-state index in [1.165, 1.54) is 18.2 Å². The number of nitrogens with zero attached hydrogens (tertiary/aromatic N) is 2. The molecule has 0 aliphatic rings. The highest BCUT2D eigenvalue weighted by molar-refractivity contribution is 6.31. The molecule has 0 atom stereocenters. The Morgan fingerprint density at radius 2 is 2.00 bits per heavy atom. The second kappa shape index (κ2) is 4.24. The van der Waals surface area contributed by atoms with Crippen LogP contribution in [0, 0.1) is 5.82 Å². The van der Waals surface area contributed by atoms with Gasteiger partial charge in [0.1, 0.15) is 11.6 Å². The van der Waals surface area contributed by atoms with Crippen molar-refractivity contribution in [1.82, 2.24) is 9.55 Å². The van der Waals surface area contributed by atoms with E-state index < -0.39 is 0 Å². The minimum atomic E-state index is -0.339. The summed E-state index contributed by atoms with van der Waals surface area (Å²) in [6.45, 7) is 0. The van der Waals surface area contributed by atoms with Crippen molar-refractivity contribution >= 4 is 28.3 Å². The van der Waals surface area contributed by atoms with E-state index in [-0.39, 0.29) is 5.82 Å². The minimum Gasteiger partial charge on any atom is -0.398 e. The second-order valence-electron chi connectivity index (χ2n) is 4.36. The fraction of sp³-hybridized carbons (Fsp3) is 0.0714. The van der Waals surface area contributed by atoms with Crippen molar-refractivity contribution in [3.63, 3.8) is 0 Å². The lowest BCUT2D eigenvalue weighted by molar-refractivity contribution is 0.628. The average Bonchev–Trinajstić information content (AvgIpc) is 2.69. The molecule has 0 amide bonds. The maximum atomic E-state index is 13.4. The van der Waals surface area contributed by atoms with Gasteiger partial charge in [0.15, 0.2) is 0 Å². The van der Waals surface area contributed by atoms with E-state index in [1.54, 1.807) is 12.1 Å². The van der Waals surface area contributed by atoms with Crippen molar-refractivity contribution in [3.05, 3.63) is 47.2 Å². The molecule has 3 nitrogen and oxygen atoms in total. The summed E-state index contributed by atoms with van der Waals surface area (Å²) < 4.78 is 15.2. The van der Waals surface area contributed by atoms with Gasteiger partial charge in [-0.3, -0.25) is 0 Å². The third-order valence-corrected chi connectivity index (χ3v) is 3.33. The van der Waals surface area contributed by atoms with Gasteiger partial charge in [-0.15, -0.1) is 0 Å². The Labute approximate surface area is 114 Å². The van der Waals surface area contributed by atoms with Gasteiger partial charge in [-0.05, 0) is 36.4 Å². The summed E-state index contributed by atoms with van der Waals surface area (Å²) in [6.07, 6.45) is 0. The molecule has 0 radical (unpaired) electrons. The number of nitrogen functional groups attached to an aromatic ring is 1. The number of benzene rings is 2. The fourth-order valence-corrected chi connectivity index (χ4v) is 2.30. The van der Waals surface area contributed by atoms with E-state index in [0.717, 1.165) is 11.0 Å². The van der Waals surface area contributed by atoms with Gasteiger partial charge in [0.05, 0.1) is 11.0 Å². The molecule has 0 bridgehead atoms. The van der Waals surface area contributed by atoms with Gasteiger partial charge in [-0.2, -0.15) is 0 Å². The van der Waals surface area contributed by atoms with Gasteiger partial charge in [-0.25, -0.2) is 9.37 Å². The second-order valence-corrected chi connectivity index (χ2v) is 4.80. The van der Waals surface area contributed by atoms with Crippen molar-refractivity contribution in [1.29, 1.82) is 0 Å². The average molecular weight is 276 g/mol. The lowest BCUT2D eigenvalue weighted by Crippen LogP contribution is -1.97. The molecule has 3 aromatic rings. The zero-order valence-corrected chi connectivity index (χ0v) is 10.9. The molecular weight excluding hydrogens is 265 g/mol. The number of aromatic nitrogens is 2. The Morgan fingerprint density at radius 1 is 1.21 bits per heavy atom. The minimum absolute atomic E-state index is 0.339. The van der Waals surface area contributed by atoms with Crippen LogP contribution >= 0.6 is 11.6 Å². The van der Waals surface area contributed by atoms with E-state index in [9.17, 15) is 4.39 Å². The number of hydrogen-bond donors (Lipinski definition) is 1. The van der Waals surface area contributed by atoms with Crippen LogP contribution in [0.15, 0.2) is 36.4 Å². The van der Waals surface area contributed by atoms with Gasteiger partial charge in [0.25, 0.3) is 0 Å². The predicted molar refractivity (Wildman–Crippen MR) is 75.5 cm³/mol. The number of aryl methyl sites for hydroxylation is 1. The Kier molecular flexibility index (Phi) is 2.68. The first kappa shape index (κ1) is 12.0. The van der Waals surface area contributed by atoms with Gasteiger partial charge < -0.3 is 10.3 Å². The van der Waals surface area contributed by atoms with Crippen LogP contribution < -0.4 is 5.73 Å². The fourth-order valence-electron chi connectivity index (χ4n) is 2.14. The van der Waals surface area contributed by atoms with Gasteiger partial charge in [0, 0.05) is 23.3 Å². The normalized spacial score (nSPS) is 11.1. The van der Waals surface area contributed by atoms with Crippen molar-refractivity contribution in [3.8, 4) is 11.4 Å². The number of anilines is 1. The molecule has 0 fully saturated rings. The van der Waals surface area contributed by atoms with Crippen LogP contribution in [0.4, 0.5) is 10.1 Å². The van der Waals surface area contributed by atoms with Crippen LogP contribution in [0.25, 0.3) is 22.4 Å². The molecule has 1 aromatic heterocycles. The van der Waals surface area contributed by atoms with Crippen molar-refractivity contribution < 1.29 is 4.39 Å². The third-order valence-electron chi connectivity index (χ3n) is 3.10. The molecule has 5 heteroatoms. The quantitative estimate of drug-likeness (QED) is 0.690. The molecule has 2 aromatic carbocycles. The highest BCUT2D eigenvalue weighted by Crippen LogP contribution is 2.29. The Morgan fingerprint density at radius 3 is 2.79 bits per heavy atom. The molecule has 0 spiro atoms. The van der Waals surface area contributed by atoms with Crippen molar-refractivity contribution in [2.24, 2.45) is 7.05 Å². The number of halogens is 2. The largest absolute Gasteiger partial charge is 0.398 e. The van der Waals surface area contributed by atoms with E-state index in [2.05, 4.69) is 4.98 Å². The smallest absolute Gasteiger partial charge is 0.143 e. The van der Waals surface area contributed by atoms with Crippen LogP contribution in [0.2, 0.25) is 5.02 Å². The van der Waals surface area contributed by atoms with Crippen LogP contribution in [-0.2, 0) is 7.05 Å². The summed E-state index contributed by atoms with van der Waals surface area (Å²) in [5, 5.41) is 0.615. The molecular formula is C14H11ClFN3. The molecule has 96 valence electrons. The maximum Gasteiger partial charge on any atom is 0.143 e. The summed E-state index contributed by atoms with van der Waals surface area (Å²) in [4.78, 5) is 4.48. The number of fused-ring (bicyclic) bond motifs is 1. The van der Waals surface area contributed by atoms with Crippen LogP contribution in [0.3, 0.4) is 0 Å². The SMILES string of the molecule is Cn1c(-c2cc(F)ccc2N)nc2cc(Cl)ccc21. The van der Waals surface area contributed by atoms with Crippen LogP contribution in [-0.4, -0.2) is 9.55 Å². The Hall–Kier alpha value is -2.07. The molecule has 3 rings (SSSR count). The van der Waals surface area contributed by atoms with Gasteiger partial charge >= 0.3 is 0 Å². The molecule has 0 aliphatic carbocycles. The van der Waals surface area contributed by atoms with Crippen molar-refractivity contribution in [2.45, 2.75) is 0 Å². The Bertz CT molecular complexity index is 780. The summed E-state index contributed by atoms with van der Waals surface area (Å²) in [5.74, 6) is 0.281. The molecule has 0 saturated heterocycles. The van der Waals surface area contributed by atoms with E-state index in [1.807, 2.05) is 17.7 Å². The third kappa shape index (κ3) is 1.94. The number of hydrogen-bond acceptors (Lipinski definition) is 2. The molecule has 1 heterocycles. The van der Waals surface area contributed by atoms with Crippen LogP contribution in [0.5, 0.6) is 0 Å². The van der Waals surface area contributed by atoms with E-state index >= 15 is 0 Å². The summed E-state index contributed by atoms with van der Waals surface area (Å²) >= 11 is 5.95. The zero-order valence-electron chi connectivity index (χ0n) is 10.2. The summed E-state index contributed by atoms with van der Waals surface area (Å²) in [6, 6.07) is 9.71. The first-order chi connectivity index (χ1) is 9.06. The lowest BCUT2D eigenvalue weighted by Gasteiger charge is -2.06. The van der Waals surface area contributed by atoms with Gasteiger partial charge in [0.2, 0.25) is 0 Å². The predicted octanol–water partition coefficient (Wildman–Crippen LogP) is 3.62. The lowest BCUT2D eigenvalue weighted by atomic mass is 10.1. The van der Waals surface area contributed by atoms with Gasteiger partial charge in [-0.1, -0.05) is 11.6 Å². The summed E-state index contributed by atoms with van der Waals surface area (Å²) in [5.41, 5.74) is 8.64. The monoisotopic (exact) mass is 275 g/mol. The molecule has 2 N–H and O–H groups in total. The molecule has 0 saturated carbocycles. The number of rotatable bonds is 1. The van der Waals surface area contributed by atoms with Crippen LogP contribution in [0.1, 0.15) is 0 Å². The number of nitrogens with two attached hydrogens (primary N) is 1. The number of imidazole rings is 1. The standard InChI is InChI=1S/C14H11ClFN3/c1-19-13-5-2-8(15)6-12(13)18-14(19)10-7-9(16)3-4-11(10)17/h2-7H,17H2,1H3. The first-order valence-corrected chi connectivity index (χ1v) is 6.11. The molecule has 19 heavy (non-hydrogen) atoms. The molecule has 0 unspecified atom stereocenters. The maximum absolute atomic E-state index is 13.4. The first-order valence-electron chi connectivity index (χ1n) is 5.73. The highest BCUT2D eigenvalue weighted by atomic mass is 35.5. The van der Waals surface area contributed by atoms with E-state index in [4.69, 9.17) is 17.3 Å². The molecule has 0 aliphatic heterocycles. The van der Waals surface area contributed by atoms with E-state index in [0.29, 0.717) is 22.1 Å². The Balaban J connectivity index is 2.30. The van der Waals surface area contributed by atoms with Crippen molar-refractivity contribution in [2.75, 3.05) is 5.73 Å². The highest BCUT2D eigenvalue weighted by Gasteiger charge is 2.13. The zero-order chi connectivity index (χ0) is 13.6. The summed E-state index contributed by atoms with van der Waals surface area (Å²) in [7, 11) is 1.86.